The Bertz CT molecular complexity index is 1700. The molecule has 1 aliphatic rings. The normalized spacial score (nSPS) is 13.5. The molecule has 8 nitrogen and oxygen atoms in total. The third-order valence-electron chi connectivity index (χ3n) is 7.23. The summed E-state index contributed by atoms with van der Waals surface area (Å²) in [5.74, 6) is 0.718. The van der Waals surface area contributed by atoms with Gasteiger partial charge in [0.25, 0.3) is 5.91 Å². The summed E-state index contributed by atoms with van der Waals surface area (Å²) in [6.45, 7) is 5.31. The van der Waals surface area contributed by atoms with Crippen molar-refractivity contribution >= 4 is 40.4 Å². The molecule has 0 bridgehead atoms. The van der Waals surface area contributed by atoms with E-state index in [-0.39, 0.29) is 11.7 Å². The van der Waals surface area contributed by atoms with Gasteiger partial charge in [-0.25, -0.2) is 9.37 Å². The highest BCUT2D eigenvalue weighted by Gasteiger charge is 2.25. The number of carbonyl (C=O) groups excluding carboxylic acids is 1. The molecule has 0 atom stereocenters. The van der Waals surface area contributed by atoms with Crippen molar-refractivity contribution in [2.45, 2.75) is 20.0 Å². The summed E-state index contributed by atoms with van der Waals surface area (Å²) in [5, 5.41) is 4.11. The van der Waals surface area contributed by atoms with Crippen molar-refractivity contribution < 1.29 is 9.18 Å². The zero-order chi connectivity index (χ0) is 28.3. The lowest BCUT2D eigenvalue weighted by atomic mass is 10.1. The second kappa shape index (κ2) is 11.5. The van der Waals surface area contributed by atoms with Crippen LogP contribution in [-0.4, -0.2) is 56.5 Å². The van der Waals surface area contributed by atoms with Crippen molar-refractivity contribution in [1.29, 1.82) is 0 Å². The van der Waals surface area contributed by atoms with Crippen molar-refractivity contribution in [2.75, 3.05) is 36.4 Å². The Kier molecular flexibility index (Phi) is 7.52. The van der Waals surface area contributed by atoms with E-state index in [0.29, 0.717) is 67.1 Å². The van der Waals surface area contributed by atoms with Gasteiger partial charge in [0.1, 0.15) is 5.82 Å². The summed E-state index contributed by atoms with van der Waals surface area (Å²) >= 11 is 6.41. The summed E-state index contributed by atoms with van der Waals surface area (Å²) in [6, 6.07) is 21.7. The van der Waals surface area contributed by atoms with Crippen LogP contribution in [0.3, 0.4) is 0 Å². The quantitative estimate of drug-likeness (QED) is 0.277. The fourth-order valence-electron chi connectivity index (χ4n) is 5.03. The predicted octanol–water partition coefficient (Wildman–Crippen LogP) is 5.55. The fourth-order valence-corrected chi connectivity index (χ4v) is 5.23. The van der Waals surface area contributed by atoms with Crippen LogP contribution in [0.25, 0.3) is 11.2 Å². The maximum Gasteiger partial charge on any atom is 0.253 e. The Hall–Kier alpha value is -4.50. The maximum atomic E-state index is 13.3. The SMILES string of the molecule is Cc1cccc(Cn2cnc3c(NCc4ccccc4Cl)nc(N4CCN(C(=O)c5ccc(F)cc5)CC4)nc32)c1. The number of carbonyl (C=O) groups is 1. The Morgan fingerprint density at radius 2 is 1.76 bits per heavy atom. The molecule has 6 rings (SSSR count). The minimum atomic E-state index is -0.362. The first-order valence-corrected chi connectivity index (χ1v) is 13.9. The molecule has 2 aromatic heterocycles. The van der Waals surface area contributed by atoms with E-state index in [4.69, 9.17) is 21.6 Å². The summed E-state index contributed by atoms with van der Waals surface area (Å²) in [5.41, 5.74) is 5.18. The zero-order valence-corrected chi connectivity index (χ0v) is 23.4. The van der Waals surface area contributed by atoms with Crippen LogP contribution in [0.2, 0.25) is 5.02 Å². The number of aromatic nitrogens is 4. The molecule has 0 aliphatic carbocycles. The van der Waals surface area contributed by atoms with Crippen LogP contribution in [0.15, 0.2) is 79.1 Å². The van der Waals surface area contributed by atoms with Gasteiger partial charge in [-0.2, -0.15) is 9.97 Å². The molecule has 0 radical (unpaired) electrons. The number of amides is 1. The molecule has 41 heavy (non-hydrogen) atoms. The third-order valence-corrected chi connectivity index (χ3v) is 7.60. The number of imidazole rings is 1. The molecular formula is C31H29ClFN7O. The largest absolute Gasteiger partial charge is 0.364 e. The van der Waals surface area contributed by atoms with E-state index >= 15 is 0 Å². The van der Waals surface area contributed by atoms with Crippen molar-refractivity contribution in [2.24, 2.45) is 0 Å². The first-order chi connectivity index (χ1) is 19.9. The van der Waals surface area contributed by atoms with Gasteiger partial charge in [0.2, 0.25) is 5.95 Å². The monoisotopic (exact) mass is 569 g/mol. The molecular weight excluding hydrogens is 541 g/mol. The molecule has 5 aromatic rings. The van der Waals surface area contributed by atoms with Gasteiger partial charge in [0.05, 0.1) is 12.9 Å². The summed E-state index contributed by atoms with van der Waals surface area (Å²) in [7, 11) is 0. The van der Waals surface area contributed by atoms with Crippen LogP contribution in [-0.2, 0) is 13.1 Å². The standard InChI is InChI=1S/C31H29ClFN7O/c1-21-5-4-6-22(17-21)19-40-20-35-27-28(34-18-24-7-2-3-8-26(24)32)36-31(37-29(27)40)39-15-13-38(14-16-39)30(41)23-9-11-25(33)12-10-23/h2-12,17,20H,13-16,18-19H2,1H3,(H,34,36,37). The van der Waals surface area contributed by atoms with Crippen molar-refractivity contribution in [3.63, 3.8) is 0 Å². The van der Waals surface area contributed by atoms with Crippen LogP contribution in [0, 0.1) is 12.7 Å². The third kappa shape index (κ3) is 5.85. The van der Waals surface area contributed by atoms with Crippen LogP contribution in [0.4, 0.5) is 16.2 Å². The van der Waals surface area contributed by atoms with Crippen LogP contribution in [0.5, 0.6) is 0 Å². The number of fused-ring (bicyclic) bond motifs is 1. The van der Waals surface area contributed by atoms with Gasteiger partial charge in [0.15, 0.2) is 17.0 Å². The Balaban J connectivity index is 1.27. The van der Waals surface area contributed by atoms with Gasteiger partial charge in [-0.3, -0.25) is 4.79 Å². The number of piperazine rings is 1. The van der Waals surface area contributed by atoms with E-state index in [9.17, 15) is 9.18 Å². The smallest absolute Gasteiger partial charge is 0.253 e. The average Bonchev–Trinajstić information content (AvgIpc) is 3.39. The summed E-state index contributed by atoms with van der Waals surface area (Å²) < 4.78 is 15.4. The molecule has 1 fully saturated rings. The highest BCUT2D eigenvalue weighted by Crippen LogP contribution is 2.26. The second-order valence-electron chi connectivity index (χ2n) is 10.1. The van der Waals surface area contributed by atoms with Gasteiger partial charge < -0.3 is 19.7 Å². The minimum Gasteiger partial charge on any atom is -0.364 e. The number of anilines is 2. The Morgan fingerprint density at radius 1 is 0.976 bits per heavy atom. The van der Waals surface area contributed by atoms with Gasteiger partial charge in [-0.1, -0.05) is 59.6 Å². The molecule has 3 heterocycles. The Morgan fingerprint density at radius 3 is 2.51 bits per heavy atom. The molecule has 3 aromatic carbocycles. The van der Waals surface area contributed by atoms with Gasteiger partial charge in [-0.05, 0) is 48.4 Å². The first-order valence-electron chi connectivity index (χ1n) is 13.5. The fraction of sp³-hybridized carbons (Fsp3) is 0.226. The Labute approximate surface area is 242 Å². The molecule has 0 unspecified atom stereocenters. The van der Waals surface area contributed by atoms with Crippen LogP contribution >= 0.6 is 11.6 Å². The van der Waals surface area contributed by atoms with Gasteiger partial charge >= 0.3 is 0 Å². The van der Waals surface area contributed by atoms with E-state index in [2.05, 4.69) is 40.3 Å². The van der Waals surface area contributed by atoms with E-state index in [1.165, 1.54) is 29.8 Å². The molecule has 0 spiro atoms. The maximum absolute atomic E-state index is 13.3. The lowest BCUT2D eigenvalue weighted by Crippen LogP contribution is -2.49. The molecule has 208 valence electrons. The number of halogens is 2. The number of hydrogen-bond acceptors (Lipinski definition) is 6. The lowest BCUT2D eigenvalue weighted by Gasteiger charge is -2.35. The average molecular weight is 570 g/mol. The van der Waals surface area contributed by atoms with Crippen molar-refractivity contribution in [3.05, 3.63) is 112 Å². The van der Waals surface area contributed by atoms with E-state index in [0.717, 1.165) is 16.8 Å². The zero-order valence-electron chi connectivity index (χ0n) is 22.6. The first kappa shape index (κ1) is 26.7. The topological polar surface area (TPSA) is 79.2 Å². The number of nitrogens with one attached hydrogen (secondary N) is 1. The second-order valence-corrected chi connectivity index (χ2v) is 10.5. The van der Waals surface area contributed by atoms with E-state index in [1.54, 1.807) is 11.2 Å². The van der Waals surface area contributed by atoms with Crippen LogP contribution in [0.1, 0.15) is 27.0 Å². The highest BCUT2D eigenvalue weighted by molar-refractivity contribution is 6.31. The minimum absolute atomic E-state index is 0.112. The number of nitrogens with zero attached hydrogens (tertiary/aromatic N) is 6. The molecule has 10 heteroatoms. The molecule has 0 saturated carbocycles. The molecule has 1 aliphatic heterocycles. The molecule has 1 saturated heterocycles. The lowest BCUT2D eigenvalue weighted by molar-refractivity contribution is 0.0746. The van der Waals surface area contributed by atoms with E-state index < -0.39 is 0 Å². The van der Waals surface area contributed by atoms with Crippen molar-refractivity contribution in [3.8, 4) is 0 Å². The number of benzene rings is 3. The van der Waals surface area contributed by atoms with Crippen molar-refractivity contribution in [1.82, 2.24) is 24.4 Å². The molecule has 1 amide bonds. The van der Waals surface area contributed by atoms with Gasteiger partial charge in [0, 0.05) is 43.3 Å². The molecule has 1 N–H and O–H groups in total. The van der Waals surface area contributed by atoms with Gasteiger partial charge in [-0.15, -0.1) is 0 Å². The highest BCUT2D eigenvalue weighted by atomic mass is 35.5. The predicted molar refractivity (Wildman–Crippen MR) is 159 cm³/mol. The number of hydrogen-bond donors (Lipinski definition) is 1. The van der Waals surface area contributed by atoms with Crippen LogP contribution < -0.4 is 10.2 Å². The number of rotatable bonds is 7. The van der Waals surface area contributed by atoms with E-state index in [1.807, 2.05) is 34.9 Å². The number of aryl methyl sites for hydroxylation is 1. The summed E-state index contributed by atoms with van der Waals surface area (Å²) in [4.78, 5) is 31.3. The summed E-state index contributed by atoms with van der Waals surface area (Å²) in [6.07, 6.45) is 1.80.